The molecule has 0 spiro atoms. The number of carboxylic acids is 1. The first-order chi connectivity index (χ1) is 9.61. The first kappa shape index (κ1) is 20.1. The molecular formula is C14H27NO5S. The minimum atomic E-state index is -1.06. The fraction of sp³-hybridized carbons (Fsp3) is 0.857. The highest BCUT2D eigenvalue weighted by Gasteiger charge is 2.23. The van der Waals surface area contributed by atoms with Crippen molar-refractivity contribution >= 4 is 23.8 Å². The topological polar surface area (TPSA) is 84.9 Å². The van der Waals surface area contributed by atoms with Crippen molar-refractivity contribution in [3.8, 4) is 0 Å². The molecule has 6 nitrogen and oxygen atoms in total. The summed E-state index contributed by atoms with van der Waals surface area (Å²) in [6, 6.07) is -0.932. The molecule has 0 radical (unpaired) electrons. The average Bonchev–Trinajstić information content (AvgIpc) is 2.28. The van der Waals surface area contributed by atoms with Crippen LogP contribution in [-0.2, 0) is 14.3 Å². The molecule has 0 rings (SSSR count). The molecule has 0 aliphatic rings. The SMILES string of the molecule is CC(C)OCCSCCC(NC(=O)OC(C)(C)C)C(=O)O. The highest BCUT2D eigenvalue weighted by atomic mass is 32.2. The van der Waals surface area contributed by atoms with Crippen LogP contribution >= 0.6 is 11.8 Å². The van der Waals surface area contributed by atoms with E-state index in [-0.39, 0.29) is 6.10 Å². The molecule has 1 unspecified atom stereocenters. The largest absolute Gasteiger partial charge is 0.480 e. The predicted molar refractivity (Wildman–Crippen MR) is 83.8 cm³/mol. The Morgan fingerprint density at radius 3 is 2.33 bits per heavy atom. The fourth-order valence-corrected chi connectivity index (χ4v) is 2.17. The van der Waals surface area contributed by atoms with E-state index in [2.05, 4.69) is 5.32 Å². The van der Waals surface area contributed by atoms with Gasteiger partial charge in [-0.25, -0.2) is 9.59 Å². The Balaban J connectivity index is 3.98. The molecule has 0 aromatic heterocycles. The third-order valence-electron chi connectivity index (χ3n) is 2.22. The lowest BCUT2D eigenvalue weighted by Crippen LogP contribution is -2.43. The molecule has 0 aromatic carbocycles. The predicted octanol–water partition coefficient (Wildman–Crippen LogP) is 2.51. The van der Waals surface area contributed by atoms with Gasteiger partial charge in [-0.1, -0.05) is 0 Å². The lowest BCUT2D eigenvalue weighted by Gasteiger charge is -2.22. The van der Waals surface area contributed by atoms with E-state index < -0.39 is 23.7 Å². The minimum Gasteiger partial charge on any atom is -0.480 e. The van der Waals surface area contributed by atoms with Crippen LogP contribution in [0.15, 0.2) is 0 Å². The summed E-state index contributed by atoms with van der Waals surface area (Å²) >= 11 is 1.60. The molecule has 0 aliphatic heterocycles. The summed E-state index contributed by atoms with van der Waals surface area (Å²) in [6.45, 7) is 9.76. The van der Waals surface area contributed by atoms with Crippen LogP contribution in [0.2, 0.25) is 0 Å². The van der Waals surface area contributed by atoms with Crippen molar-refractivity contribution in [3.05, 3.63) is 0 Å². The van der Waals surface area contributed by atoms with Gasteiger partial charge in [-0.15, -0.1) is 0 Å². The van der Waals surface area contributed by atoms with Crippen LogP contribution in [0.1, 0.15) is 41.0 Å². The maximum atomic E-state index is 11.6. The van der Waals surface area contributed by atoms with Crippen molar-refractivity contribution in [2.75, 3.05) is 18.1 Å². The van der Waals surface area contributed by atoms with Crippen molar-refractivity contribution in [1.82, 2.24) is 5.32 Å². The molecule has 7 heteroatoms. The van der Waals surface area contributed by atoms with E-state index in [0.717, 1.165) is 5.75 Å². The van der Waals surface area contributed by atoms with Crippen LogP contribution in [0.4, 0.5) is 4.79 Å². The van der Waals surface area contributed by atoms with E-state index in [0.29, 0.717) is 18.8 Å². The van der Waals surface area contributed by atoms with Gasteiger partial charge >= 0.3 is 12.1 Å². The highest BCUT2D eigenvalue weighted by molar-refractivity contribution is 7.99. The average molecular weight is 321 g/mol. The number of amides is 1. The van der Waals surface area contributed by atoms with Crippen molar-refractivity contribution in [3.63, 3.8) is 0 Å². The molecule has 1 atom stereocenters. The lowest BCUT2D eigenvalue weighted by atomic mass is 10.2. The quantitative estimate of drug-likeness (QED) is 0.635. The van der Waals surface area contributed by atoms with Gasteiger partial charge in [-0.05, 0) is 46.8 Å². The number of rotatable bonds is 9. The van der Waals surface area contributed by atoms with Crippen LogP contribution in [0, 0.1) is 0 Å². The standard InChI is InChI=1S/C14H27NO5S/c1-10(2)19-7-9-21-8-6-11(12(16)17)15-13(18)20-14(3,4)5/h10-11H,6-9H2,1-5H3,(H,15,18)(H,16,17). The van der Waals surface area contributed by atoms with Crippen LogP contribution in [-0.4, -0.2) is 53.0 Å². The Bertz CT molecular complexity index is 328. The second kappa shape index (κ2) is 9.89. The molecule has 0 saturated carbocycles. The molecule has 21 heavy (non-hydrogen) atoms. The molecule has 124 valence electrons. The van der Waals surface area contributed by atoms with E-state index in [1.807, 2.05) is 13.8 Å². The van der Waals surface area contributed by atoms with E-state index >= 15 is 0 Å². The number of carboxylic acid groups (broad SMARTS) is 1. The lowest BCUT2D eigenvalue weighted by molar-refractivity contribution is -0.139. The molecule has 0 aliphatic carbocycles. The van der Waals surface area contributed by atoms with E-state index in [9.17, 15) is 9.59 Å². The highest BCUT2D eigenvalue weighted by Crippen LogP contribution is 2.09. The number of carbonyl (C=O) groups excluding carboxylic acids is 1. The smallest absolute Gasteiger partial charge is 0.408 e. The summed E-state index contributed by atoms with van der Waals surface area (Å²) in [5, 5.41) is 11.5. The van der Waals surface area contributed by atoms with Gasteiger partial charge in [-0.3, -0.25) is 0 Å². The Morgan fingerprint density at radius 1 is 1.24 bits per heavy atom. The van der Waals surface area contributed by atoms with Gasteiger partial charge in [0.05, 0.1) is 12.7 Å². The van der Waals surface area contributed by atoms with Crippen molar-refractivity contribution in [2.45, 2.75) is 58.8 Å². The Labute approximate surface area is 131 Å². The van der Waals surface area contributed by atoms with Crippen LogP contribution in [0.3, 0.4) is 0 Å². The van der Waals surface area contributed by atoms with Crippen LogP contribution in [0.5, 0.6) is 0 Å². The Morgan fingerprint density at radius 2 is 1.86 bits per heavy atom. The van der Waals surface area contributed by atoms with Crippen LogP contribution < -0.4 is 5.32 Å². The first-order valence-electron chi connectivity index (χ1n) is 7.03. The summed E-state index contributed by atoms with van der Waals surface area (Å²) < 4.78 is 10.4. The summed E-state index contributed by atoms with van der Waals surface area (Å²) in [5.41, 5.74) is -0.643. The van der Waals surface area contributed by atoms with E-state index in [1.54, 1.807) is 32.5 Å². The third kappa shape index (κ3) is 12.5. The second-order valence-electron chi connectivity index (χ2n) is 5.86. The van der Waals surface area contributed by atoms with Crippen molar-refractivity contribution in [2.24, 2.45) is 0 Å². The zero-order valence-electron chi connectivity index (χ0n) is 13.5. The monoisotopic (exact) mass is 321 g/mol. The van der Waals surface area contributed by atoms with Crippen molar-refractivity contribution < 1.29 is 24.2 Å². The normalized spacial score (nSPS) is 13.0. The Hall–Kier alpha value is -0.950. The molecule has 0 bridgehead atoms. The van der Waals surface area contributed by atoms with E-state index in [1.165, 1.54) is 0 Å². The summed E-state index contributed by atoms with van der Waals surface area (Å²) in [5.74, 6) is 0.380. The maximum Gasteiger partial charge on any atom is 0.408 e. The molecule has 0 aromatic rings. The third-order valence-corrected chi connectivity index (χ3v) is 3.20. The number of alkyl carbamates (subject to hydrolysis) is 1. The van der Waals surface area contributed by atoms with Gasteiger partial charge in [0.1, 0.15) is 11.6 Å². The van der Waals surface area contributed by atoms with Gasteiger partial charge in [0.15, 0.2) is 0 Å². The number of hydrogen-bond donors (Lipinski definition) is 2. The molecule has 0 saturated heterocycles. The maximum absolute atomic E-state index is 11.6. The number of carbonyl (C=O) groups is 2. The fourth-order valence-electron chi connectivity index (χ4n) is 1.35. The zero-order chi connectivity index (χ0) is 16.5. The summed E-state index contributed by atoms with van der Waals surface area (Å²) in [7, 11) is 0. The van der Waals surface area contributed by atoms with Gasteiger partial charge in [0.2, 0.25) is 0 Å². The second-order valence-corrected chi connectivity index (χ2v) is 7.08. The Kier molecular flexibility index (Phi) is 9.44. The number of aliphatic carboxylic acids is 1. The van der Waals surface area contributed by atoms with Gasteiger partial charge < -0.3 is 19.9 Å². The number of nitrogens with one attached hydrogen (secondary N) is 1. The molecule has 0 fully saturated rings. The van der Waals surface area contributed by atoms with Gasteiger partial charge in [-0.2, -0.15) is 11.8 Å². The minimum absolute atomic E-state index is 0.200. The number of ether oxygens (including phenoxy) is 2. The summed E-state index contributed by atoms with van der Waals surface area (Å²) in [4.78, 5) is 22.7. The molecular weight excluding hydrogens is 294 g/mol. The molecule has 1 amide bonds. The van der Waals surface area contributed by atoms with Gasteiger partial charge in [0.25, 0.3) is 0 Å². The van der Waals surface area contributed by atoms with E-state index in [4.69, 9.17) is 14.6 Å². The van der Waals surface area contributed by atoms with Crippen molar-refractivity contribution in [1.29, 1.82) is 0 Å². The molecule has 0 heterocycles. The van der Waals surface area contributed by atoms with Crippen LogP contribution in [0.25, 0.3) is 0 Å². The first-order valence-corrected chi connectivity index (χ1v) is 8.19. The number of hydrogen-bond acceptors (Lipinski definition) is 5. The zero-order valence-corrected chi connectivity index (χ0v) is 14.3. The van der Waals surface area contributed by atoms with Gasteiger partial charge in [0, 0.05) is 5.75 Å². The summed E-state index contributed by atoms with van der Waals surface area (Å²) in [6.07, 6.45) is -0.157. The molecule has 2 N–H and O–H groups in total. The number of thioether (sulfide) groups is 1.